The SMILES string of the molecule is CC1CN(C(=O)c2cc(Cl)ncc2[N+](=O)[O-])CC1C(=O)O. The predicted molar refractivity (Wildman–Crippen MR) is 72.1 cm³/mol. The molecule has 9 heteroatoms. The van der Waals surface area contributed by atoms with E-state index in [1.807, 2.05) is 0 Å². The van der Waals surface area contributed by atoms with Gasteiger partial charge in [-0.25, -0.2) is 4.98 Å². The summed E-state index contributed by atoms with van der Waals surface area (Å²) in [5.41, 5.74) is -0.630. The van der Waals surface area contributed by atoms with Crippen molar-refractivity contribution in [3.8, 4) is 0 Å². The minimum atomic E-state index is -0.986. The van der Waals surface area contributed by atoms with Crippen molar-refractivity contribution in [1.82, 2.24) is 9.88 Å². The topological polar surface area (TPSA) is 114 Å². The van der Waals surface area contributed by atoms with Crippen molar-refractivity contribution in [2.45, 2.75) is 6.92 Å². The lowest BCUT2D eigenvalue weighted by molar-refractivity contribution is -0.385. The van der Waals surface area contributed by atoms with Crippen LogP contribution in [-0.4, -0.2) is 44.9 Å². The number of aliphatic carboxylic acids is 1. The molecular formula is C12H12ClN3O5. The molecule has 1 aliphatic rings. The molecule has 1 saturated heterocycles. The molecule has 0 bridgehead atoms. The van der Waals surface area contributed by atoms with Crippen LogP contribution in [0.4, 0.5) is 5.69 Å². The summed E-state index contributed by atoms with van der Waals surface area (Å²) in [6.45, 7) is 1.97. The Labute approximate surface area is 124 Å². The Morgan fingerprint density at radius 1 is 1.52 bits per heavy atom. The lowest BCUT2D eigenvalue weighted by atomic mass is 9.99. The fourth-order valence-electron chi connectivity index (χ4n) is 2.36. The fraction of sp³-hybridized carbons (Fsp3) is 0.417. The number of halogens is 1. The van der Waals surface area contributed by atoms with Crippen LogP contribution in [0.1, 0.15) is 17.3 Å². The molecular weight excluding hydrogens is 302 g/mol. The van der Waals surface area contributed by atoms with Crippen molar-refractivity contribution >= 4 is 29.2 Å². The van der Waals surface area contributed by atoms with Crippen LogP contribution in [0.25, 0.3) is 0 Å². The summed E-state index contributed by atoms with van der Waals surface area (Å²) in [5.74, 6) is -2.49. The molecule has 0 saturated carbocycles. The Morgan fingerprint density at radius 2 is 2.19 bits per heavy atom. The molecule has 2 atom stereocenters. The molecule has 1 fully saturated rings. The minimum Gasteiger partial charge on any atom is -0.481 e. The molecule has 0 aliphatic carbocycles. The highest BCUT2D eigenvalue weighted by Gasteiger charge is 2.38. The number of pyridine rings is 1. The Hall–Kier alpha value is -2.22. The summed E-state index contributed by atoms with van der Waals surface area (Å²) < 4.78 is 0. The molecule has 2 heterocycles. The van der Waals surface area contributed by atoms with Gasteiger partial charge in [-0.05, 0) is 12.0 Å². The van der Waals surface area contributed by atoms with E-state index < -0.39 is 28.4 Å². The third kappa shape index (κ3) is 2.94. The third-order valence-corrected chi connectivity index (χ3v) is 3.70. The number of aromatic nitrogens is 1. The molecule has 1 aromatic rings. The van der Waals surface area contributed by atoms with Crippen LogP contribution in [0.2, 0.25) is 5.15 Å². The summed E-state index contributed by atoms with van der Waals surface area (Å²) >= 11 is 5.68. The lowest BCUT2D eigenvalue weighted by Crippen LogP contribution is -2.30. The summed E-state index contributed by atoms with van der Waals surface area (Å²) in [6, 6.07) is 1.13. The standard InChI is InChI=1S/C12H12ClN3O5/c1-6-4-15(5-8(6)12(18)19)11(17)7-2-10(13)14-3-9(7)16(20)21/h2-3,6,8H,4-5H2,1H3,(H,18,19). The molecule has 0 spiro atoms. The van der Waals surface area contributed by atoms with E-state index in [4.69, 9.17) is 16.7 Å². The van der Waals surface area contributed by atoms with Crippen LogP contribution in [0.3, 0.4) is 0 Å². The van der Waals surface area contributed by atoms with E-state index >= 15 is 0 Å². The molecule has 21 heavy (non-hydrogen) atoms. The first-order valence-electron chi connectivity index (χ1n) is 6.13. The zero-order chi connectivity index (χ0) is 15.7. The maximum Gasteiger partial charge on any atom is 0.308 e. The second kappa shape index (κ2) is 5.65. The van der Waals surface area contributed by atoms with Gasteiger partial charge in [0.25, 0.3) is 11.6 Å². The van der Waals surface area contributed by atoms with Crippen molar-refractivity contribution in [3.05, 3.63) is 33.1 Å². The average Bonchev–Trinajstić information content (AvgIpc) is 2.79. The van der Waals surface area contributed by atoms with Gasteiger partial charge in [0.05, 0.1) is 10.8 Å². The maximum absolute atomic E-state index is 12.4. The normalized spacial score (nSPS) is 21.3. The highest BCUT2D eigenvalue weighted by molar-refractivity contribution is 6.29. The van der Waals surface area contributed by atoms with Crippen molar-refractivity contribution in [1.29, 1.82) is 0 Å². The van der Waals surface area contributed by atoms with Crippen molar-refractivity contribution in [2.24, 2.45) is 11.8 Å². The second-order valence-electron chi connectivity index (χ2n) is 4.91. The van der Waals surface area contributed by atoms with Gasteiger partial charge in [0.1, 0.15) is 16.9 Å². The van der Waals surface area contributed by atoms with E-state index in [-0.39, 0.29) is 29.7 Å². The average molecular weight is 314 g/mol. The molecule has 0 aromatic carbocycles. The third-order valence-electron chi connectivity index (χ3n) is 3.49. The number of nitro groups is 1. The minimum absolute atomic E-state index is 0.0203. The van der Waals surface area contributed by atoms with Crippen LogP contribution in [-0.2, 0) is 4.79 Å². The quantitative estimate of drug-likeness (QED) is 0.513. The van der Waals surface area contributed by atoms with Gasteiger partial charge in [0, 0.05) is 13.1 Å². The Balaban J connectivity index is 2.31. The van der Waals surface area contributed by atoms with Crippen molar-refractivity contribution < 1.29 is 19.6 Å². The highest BCUT2D eigenvalue weighted by Crippen LogP contribution is 2.28. The number of hydrogen-bond donors (Lipinski definition) is 1. The smallest absolute Gasteiger partial charge is 0.308 e. The first-order valence-corrected chi connectivity index (χ1v) is 6.51. The predicted octanol–water partition coefficient (Wildman–Crippen LogP) is 1.44. The summed E-state index contributed by atoms with van der Waals surface area (Å²) in [5, 5.41) is 20.0. The number of amides is 1. The Bertz CT molecular complexity index is 621. The van der Waals surface area contributed by atoms with Crippen LogP contribution in [0.15, 0.2) is 12.3 Å². The lowest BCUT2D eigenvalue weighted by Gasteiger charge is -2.15. The zero-order valence-corrected chi connectivity index (χ0v) is 11.8. The molecule has 8 nitrogen and oxygen atoms in total. The number of likely N-dealkylation sites (tertiary alicyclic amines) is 1. The molecule has 2 unspecified atom stereocenters. The van der Waals surface area contributed by atoms with E-state index in [9.17, 15) is 19.7 Å². The number of carbonyl (C=O) groups is 2. The fourth-order valence-corrected chi connectivity index (χ4v) is 2.52. The Kier molecular flexibility index (Phi) is 4.08. The van der Waals surface area contributed by atoms with E-state index in [1.54, 1.807) is 6.92 Å². The molecule has 1 aromatic heterocycles. The molecule has 1 amide bonds. The van der Waals surface area contributed by atoms with Gasteiger partial charge in [-0.15, -0.1) is 0 Å². The van der Waals surface area contributed by atoms with E-state index in [2.05, 4.69) is 4.98 Å². The largest absolute Gasteiger partial charge is 0.481 e. The first kappa shape index (κ1) is 15.2. The number of carboxylic acids is 1. The van der Waals surface area contributed by atoms with Crippen LogP contribution in [0, 0.1) is 22.0 Å². The van der Waals surface area contributed by atoms with Crippen LogP contribution >= 0.6 is 11.6 Å². The molecule has 112 valence electrons. The van der Waals surface area contributed by atoms with E-state index in [0.29, 0.717) is 0 Å². The van der Waals surface area contributed by atoms with Crippen LogP contribution in [0.5, 0.6) is 0 Å². The highest BCUT2D eigenvalue weighted by atomic mass is 35.5. The summed E-state index contributed by atoms with van der Waals surface area (Å²) in [6.07, 6.45) is 0.920. The first-order chi connectivity index (χ1) is 9.81. The van der Waals surface area contributed by atoms with Gasteiger partial charge in [-0.3, -0.25) is 19.7 Å². The van der Waals surface area contributed by atoms with E-state index in [0.717, 1.165) is 12.3 Å². The van der Waals surface area contributed by atoms with Gasteiger partial charge in [-0.2, -0.15) is 0 Å². The van der Waals surface area contributed by atoms with Gasteiger partial charge in [0.2, 0.25) is 0 Å². The summed E-state index contributed by atoms with van der Waals surface area (Å²) in [4.78, 5) is 38.6. The van der Waals surface area contributed by atoms with Crippen molar-refractivity contribution in [3.63, 3.8) is 0 Å². The molecule has 1 N–H and O–H groups in total. The molecule has 1 aliphatic heterocycles. The number of rotatable bonds is 3. The monoisotopic (exact) mass is 313 g/mol. The number of carboxylic acid groups (broad SMARTS) is 1. The maximum atomic E-state index is 12.4. The van der Waals surface area contributed by atoms with E-state index in [1.165, 1.54) is 4.90 Å². The van der Waals surface area contributed by atoms with Crippen molar-refractivity contribution in [2.75, 3.05) is 13.1 Å². The number of carbonyl (C=O) groups excluding carboxylic acids is 1. The number of hydrogen-bond acceptors (Lipinski definition) is 5. The summed E-state index contributed by atoms with van der Waals surface area (Å²) in [7, 11) is 0. The number of nitrogens with zero attached hydrogens (tertiary/aromatic N) is 3. The molecule has 2 rings (SSSR count). The van der Waals surface area contributed by atoms with Gasteiger partial charge in [0.15, 0.2) is 0 Å². The van der Waals surface area contributed by atoms with Crippen LogP contribution < -0.4 is 0 Å². The second-order valence-corrected chi connectivity index (χ2v) is 5.30. The molecule has 0 radical (unpaired) electrons. The van der Waals surface area contributed by atoms with Gasteiger partial charge in [-0.1, -0.05) is 18.5 Å². The van der Waals surface area contributed by atoms with Gasteiger partial charge < -0.3 is 10.0 Å². The Morgan fingerprint density at radius 3 is 2.71 bits per heavy atom. The van der Waals surface area contributed by atoms with Gasteiger partial charge >= 0.3 is 5.97 Å². The zero-order valence-electron chi connectivity index (χ0n) is 11.0.